The van der Waals surface area contributed by atoms with E-state index in [1.807, 2.05) is 8.24 Å². The molecule has 0 aromatic rings. The van der Waals surface area contributed by atoms with Gasteiger partial charge in [-0.3, -0.25) is 0 Å². The van der Waals surface area contributed by atoms with Crippen molar-refractivity contribution in [3.05, 3.63) is 0 Å². The van der Waals surface area contributed by atoms with E-state index in [-0.39, 0.29) is 0 Å². The Kier molecular flexibility index (Phi) is 7.53. The fourth-order valence-electron chi connectivity index (χ4n) is 0.262. The Balaban J connectivity index is 2.60. The van der Waals surface area contributed by atoms with E-state index in [1.54, 1.807) is 0 Å². The molecule has 0 aromatic carbocycles. The van der Waals surface area contributed by atoms with E-state index in [2.05, 4.69) is 10.5 Å². The van der Waals surface area contributed by atoms with Gasteiger partial charge in [-0.25, -0.2) is 0 Å². The summed E-state index contributed by atoms with van der Waals surface area (Å²) in [5.74, 6) is 1.09. The summed E-state index contributed by atoms with van der Waals surface area (Å²) in [6.45, 7) is 0. The van der Waals surface area contributed by atoms with Crippen LogP contribution < -0.4 is 0 Å². The van der Waals surface area contributed by atoms with Crippen LogP contribution in [-0.4, -0.2) is 5.75 Å². The Bertz CT molecular complexity index is 68.6. The van der Waals surface area contributed by atoms with Crippen LogP contribution in [0.25, 0.3) is 0 Å². The van der Waals surface area contributed by atoms with E-state index >= 15 is 0 Å². The molecule has 0 saturated carbocycles. The summed E-state index contributed by atoms with van der Waals surface area (Å²) in [6.07, 6.45) is 0.749. The molecule has 0 unspecified atom stereocenters. The van der Waals surface area contributed by atoms with Crippen molar-refractivity contribution < 1.29 is 23.1 Å². The van der Waals surface area contributed by atoms with Gasteiger partial charge in [-0.05, 0) is 0 Å². The van der Waals surface area contributed by atoms with Gasteiger partial charge in [0, 0.05) is 0 Å². The zero-order valence-corrected chi connectivity index (χ0v) is 10.8. The van der Waals surface area contributed by atoms with Crippen LogP contribution in [0.4, 0.5) is 0 Å². The van der Waals surface area contributed by atoms with Gasteiger partial charge in [0.1, 0.15) is 0 Å². The molecule has 0 aliphatic rings. The predicted molar refractivity (Wildman–Crippen MR) is 28.6 cm³/mol. The molecule has 0 saturated heterocycles. The monoisotopic (exact) mass is 303 g/mol. The molecule has 36 valence electrons. The van der Waals surface area contributed by atoms with Gasteiger partial charge < -0.3 is 0 Å². The van der Waals surface area contributed by atoms with Crippen LogP contribution in [0.3, 0.4) is 0 Å². The van der Waals surface area contributed by atoms with E-state index in [4.69, 9.17) is 5.26 Å². The molecule has 7 heavy (non-hydrogen) atoms. The Labute approximate surface area is 59.0 Å². The summed E-state index contributed by atoms with van der Waals surface area (Å²) in [6, 6.07) is 2.12. The Morgan fingerprint density at radius 1 is 1.86 bits per heavy atom. The quantitative estimate of drug-likeness (QED) is 0.585. The third-order valence-corrected chi connectivity index (χ3v) is 9.59. The van der Waals surface area contributed by atoms with Crippen LogP contribution in [0.2, 0.25) is 4.43 Å². The SMILES string of the molecule is [CH3][Hg][S]CCC#N. The molecule has 1 nitrogen and oxygen atoms in total. The van der Waals surface area contributed by atoms with Crippen molar-refractivity contribution in [3.63, 3.8) is 0 Å². The molecule has 0 fully saturated rings. The molecular formula is C4H7HgNS. The topological polar surface area (TPSA) is 23.8 Å². The molecule has 0 heterocycles. The second-order valence-electron chi connectivity index (χ2n) is 1.11. The Morgan fingerprint density at radius 2 is 2.57 bits per heavy atom. The third-order valence-electron chi connectivity index (χ3n) is 0.562. The van der Waals surface area contributed by atoms with Gasteiger partial charge in [-0.1, -0.05) is 0 Å². The summed E-state index contributed by atoms with van der Waals surface area (Å²) < 4.78 is 2.32. The van der Waals surface area contributed by atoms with Gasteiger partial charge in [-0.15, -0.1) is 0 Å². The minimum atomic E-state index is -0.421. The van der Waals surface area contributed by atoms with Crippen LogP contribution in [0.5, 0.6) is 0 Å². The zero-order chi connectivity index (χ0) is 5.54. The van der Waals surface area contributed by atoms with Crippen LogP contribution in [0.15, 0.2) is 0 Å². The first-order valence-electron chi connectivity index (χ1n) is 2.36. The molecule has 0 aromatic heterocycles. The van der Waals surface area contributed by atoms with E-state index in [0.29, 0.717) is 0 Å². The minimum absolute atomic E-state index is 0.421. The van der Waals surface area contributed by atoms with Crippen molar-refractivity contribution in [2.75, 3.05) is 5.75 Å². The Morgan fingerprint density at radius 3 is 3.00 bits per heavy atom. The average Bonchev–Trinajstić information content (AvgIpc) is 1.69. The molecular weight excluding hydrogens is 295 g/mol. The van der Waals surface area contributed by atoms with Gasteiger partial charge in [0.2, 0.25) is 0 Å². The maximum atomic E-state index is 8.05. The Hall–Kier alpha value is 0.775. The summed E-state index contributed by atoms with van der Waals surface area (Å²) >= 11 is -0.421. The third kappa shape index (κ3) is 6.78. The predicted octanol–water partition coefficient (Wildman–Crippen LogP) is 1.68. The number of nitriles is 1. The first kappa shape index (κ1) is 7.78. The van der Waals surface area contributed by atoms with E-state index in [9.17, 15) is 0 Å². The maximum absolute atomic E-state index is 8.05. The van der Waals surface area contributed by atoms with Gasteiger partial charge >= 0.3 is 59.2 Å². The number of rotatable bonds is 3. The van der Waals surface area contributed by atoms with Gasteiger partial charge in [0.05, 0.1) is 0 Å². The molecule has 3 heteroatoms. The van der Waals surface area contributed by atoms with Crippen molar-refractivity contribution in [1.82, 2.24) is 0 Å². The second kappa shape index (κ2) is 6.78. The van der Waals surface area contributed by atoms with E-state index in [1.165, 1.54) is 0 Å². The fourth-order valence-corrected chi connectivity index (χ4v) is 5.84. The molecule has 0 atom stereocenters. The molecule has 0 spiro atoms. The van der Waals surface area contributed by atoms with Crippen molar-refractivity contribution in [2.24, 2.45) is 0 Å². The standard InChI is InChI=1S/C3H5NS.CH3.Hg/c4-2-1-3-5;;/h5H,1,3H2;1H3;/q;;+1/p-1. The molecule has 0 N–H and O–H groups in total. The van der Waals surface area contributed by atoms with E-state index < -0.39 is 23.1 Å². The molecule has 0 aliphatic heterocycles. The van der Waals surface area contributed by atoms with Crippen molar-refractivity contribution in [2.45, 2.75) is 10.9 Å². The average molecular weight is 302 g/mol. The normalized spacial score (nSPS) is 6.86. The van der Waals surface area contributed by atoms with Gasteiger partial charge in [-0.2, -0.15) is 0 Å². The molecule has 0 rings (SSSR count). The summed E-state index contributed by atoms with van der Waals surface area (Å²) in [4.78, 5) is 0. The summed E-state index contributed by atoms with van der Waals surface area (Å²) in [5.41, 5.74) is 0. The molecule has 0 aliphatic carbocycles. The molecule has 0 radical (unpaired) electrons. The van der Waals surface area contributed by atoms with Crippen molar-refractivity contribution >= 4 is 8.24 Å². The van der Waals surface area contributed by atoms with Crippen LogP contribution >= 0.6 is 8.24 Å². The first-order chi connectivity index (χ1) is 3.41. The summed E-state index contributed by atoms with van der Waals surface area (Å²) in [7, 11) is 2.03. The number of nitrogens with zero attached hydrogens (tertiary/aromatic N) is 1. The second-order valence-corrected chi connectivity index (χ2v) is 14.0. The number of hydrogen-bond acceptors (Lipinski definition) is 2. The molecule has 0 bridgehead atoms. The van der Waals surface area contributed by atoms with Crippen molar-refractivity contribution in [1.29, 1.82) is 5.26 Å². The van der Waals surface area contributed by atoms with E-state index in [0.717, 1.165) is 12.2 Å². The van der Waals surface area contributed by atoms with Crippen LogP contribution in [-0.2, 0) is 23.1 Å². The number of hydrogen-bond donors (Lipinski definition) is 0. The van der Waals surface area contributed by atoms with Gasteiger partial charge in [0.15, 0.2) is 0 Å². The first-order valence-corrected chi connectivity index (χ1v) is 15.7. The van der Waals surface area contributed by atoms with Crippen LogP contribution in [0.1, 0.15) is 6.42 Å². The fraction of sp³-hybridized carbons (Fsp3) is 0.750. The van der Waals surface area contributed by atoms with Crippen molar-refractivity contribution in [3.8, 4) is 6.07 Å². The van der Waals surface area contributed by atoms with Crippen LogP contribution in [0, 0.1) is 11.3 Å². The van der Waals surface area contributed by atoms with Gasteiger partial charge in [0.25, 0.3) is 0 Å². The zero-order valence-electron chi connectivity index (χ0n) is 4.48. The summed E-state index contributed by atoms with van der Waals surface area (Å²) in [5, 5.41) is 8.05. The molecule has 0 amide bonds.